The number of rotatable bonds is 14. The van der Waals surface area contributed by atoms with Crippen LogP contribution in [0, 0.1) is 0 Å². The number of unbranched alkanes of at least 4 members (excludes halogenated alkanes) is 2. The minimum atomic E-state index is -0.0378. The van der Waals surface area contributed by atoms with E-state index in [0.717, 1.165) is 17.4 Å². The van der Waals surface area contributed by atoms with E-state index in [9.17, 15) is 4.79 Å². The van der Waals surface area contributed by atoms with Gasteiger partial charge in [0.2, 0.25) is 0 Å². The first-order chi connectivity index (χ1) is 16.4. The Balaban J connectivity index is 1.47. The summed E-state index contributed by atoms with van der Waals surface area (Å²) in [6, 6.07) is 9.15. The summed E-state index contributed by atoms with van der Waals surface area (Å²) < 4.78 is 0. The molecule has 0 atom stereocenters. The Morgan fingerprint density at radius 1 is 0.882 bits per heavy atom. The summed E-state index contributed by atoms with van der Waals surface area (Å²) in [5.74, 6) is 2.55. The van der Waals surface area contributed by atoms with E-state index in [0.29, 0.717) is 30.7 Å². The van der Waals surface area contributed by atoms with Crippen LogP contribution in [0.25, 0.3) is 0 Å². The number of imidazole rings is 2. The number of aromatic amines is 2. The first kappa shape index (κ1) is 26.0. The lowest BCUT2D eigenvalue weighted by atomic mass is 10.2. The summed E-state index contributed by atoms with van der Waals surface area (Å²) >= 11 is 1.86. The van der Waals surface area contributed by atoms with Gasteiger partial charge >= 0.3 is 0 Å². The Bertz CT molecular complexity index is 910. The molecule has 184 valence electrons. The van der Waals surface area contributed by atoms with Crippen LogP contribution in [0.15, 0.2) is 53.9 Å². The van der Waals surface area contributed by atoms with Crippen LogP contribution in [-0.2, 0) is 13.1 Å². The number of hydrogen-bond acceptors (Lipinski definition) is 5. The highest BCUT2D eigenvalue weighted by atomic mass is 32.2. The fourth-order valence-electron chi connectivity index (χ4n) is 4.08. The molecule has 0 bridgehead atoms. The van der Waals surface area contributed by atoms with Crippen LogP contribution in [0.1, 0.15) is 69.0 Å². The third kappa shape index (κ3) is 8.02. The molecule has 0 aliphatic heterocycles. The molecule has 2 aromatic heterocycles. The summed E-state index contributed by atoms with van der Waals surface area (Å²) in [4.78, 5) is 33.4. The van der Waals surface area contributed by atoms with Gasteiger partial charge in [0.05, 0.1) is 13.1 Å². The fraction of sp³-hybridized carbons (Fsp3) is 0.500. The standard InChI is InChI=1S/C26H38N6OS/c1-20(2)32(21(3)4)16-6-5-7-17-34-23-10-8-22(9-11-23)26(33)31(18-24-27-12-13-28-24)19-25-29-14-15-30-25/h8-15,20-21H,5-7,16-19H2,1-4H3,(H,27,28)(H,29,30). The third-order valence-corrected chi connectivity index (χ3v) is 6.93. The smallest absolute Gasteiger partial charge is 0.254 e. The number of carbonyl (C=O) groups is 1. The Labute approximate surface area is 207 Å². The maximum Gasteiger partial charge on any atom is 0.254 e. The van der Waals surface area contributed by atoms with Crippen molar-refractivity contribution in [3.8, 4) is 0 Å². The van der Waals surface area contributed by atoms with Gasteiger partial charge < -0.3 is 14.9 Å². The van der Waals surface area contributed by atoms with Crippen LogP contribution in [0.5, 0.6) is 0 Å². The van der Waals surface area contributed by atoms with E-state index in [4.69, 9.17) is 0 Å². The quantitative estimate of drug-likeness (QED) is 0.239. The Hall–Kier alpha value is -2.58. The number of hydrogen-bond donors (Lipinski definition) is 2. The number of nitrogens with zero attached hydrogens (tertiary/aromatic N) is 4. The number of benzene rings is 1. The topological polar surface area (TPSA) is 80.9 Å². The molecule has 1 aromatic carbocycles. The second-order valence-electron chi connectivity index (χ2n) is 9.09. The molecule has 8 heteroatoms. The summed E-state index contributed by atoms with van der Waals surface area (Å²) in [6.45, 7) is 11.1. The number of carbonyl (C=O) groups excluding carboxylic acids is 1. The van der Waals surface area contributed by atoms with Gasteiger partial charge in [-0.05, 0) is 77.1 Å². The largest absolute Gasteiger partial charge is 0.347 e. The van der Waals surface area contributed by atoms with Crippen LogP contribution < -0.4 is 0 Å². The molecule has 34 heavy (non-hydrogen) atoms. The molecule has 0 spiro atoms. The van der Waals surface area contributed by atoms with Gasteiger partial charge in [0, 0.05) is 47.3 Å². The van der Waals surface area contributed by atoms with Crippen molar-refractivity contribution in [2.45, 2.75) is 77.0 Å². The number of nitrogens with one attached hydrogen (secondary N) is 2. The normalized spacial score (nSPS) is 11.6. The van der Waals surface area contributed by atoms with Crippen molar-refractivity contribution in [3.63, 3.8) is 0 Å². The molecule has 0 saturated heterocycles. The number of H-pyrrole nitrogens is 2. The van der Waals surface area contributed by atoms with E-state index >= 15 is 0 Å². The molecule has 3 aromatic rings. The second kappa shape index (κ2) is 13.3. The first-order valence-corrected chi connectivity index (χ1v) is 13.2. The predicted molar refractivity (Wildman–Crippen MR) is 139 cm³/mol. The van der Waals surface area contributed by atoms with Crippen molar-refractivity contribution in [1.29, 1.82) is 0 Å². The molecule has 0 saturated carbocycles. The number of aromatic nitrogens is 4. The zero-order valence-electron chi connectivity index (χ0n) is 20.8. The highest BCUT2D eigenvalue weighted by Gasteiger charge is 2.19. The molecule has 7 nitrogen and oxygen atoms in total. The molecular formula is C26H38N6OS. The van der Waals surface area contributed by atoms with Crippen LogP contribution >= 0.6 is 11.8 Å². The highest BCUT2D eigenvalue weighted by molar-refractivity contribution is 7.99. The summed E-state index contributed by atoms with van der Waals surface area (Å²) in [7, 11) is 0. The van der Waals surface area contributed by atoms with Crippen molar-refractivity contribution < 1.29 is 4.79 Å². The van der Waals surface area contributed by atoms with Crippen LogP contribution in [0.3, 0.4) is 0 Å². The molecule has 1 amide bonds. The molecule has 2 heterocycles. The lowest BCUT2D eigenvalue weighted by molar-refractivity contribution is 0.0721. The van der Waals surface area contributed by atoms with Crippen LogP contribution in [0.4, 0.5) is 0 Å². The highest BCUT2D eigenvalue weighted by Crippen LogP contribution is 2.21. The van der Waals surface area contributed by atoms with Crippen molar-refractivity contribution in [3.05, 3.63) is 66.3 Å². The molecule has 0 aliphatic rings. The van der Waals surface area contributed by atoms with Crippen molar-refractivity contribution in [2.24, 2.45) is 0 Å². The summed E-state index contributed by atoms with van der Waals surface area (Å²) in [6.07, 6.45) is 10.6. The Morgan fingerprint density at radius 3 is 1.97 bits per heavy atom. The van der Waals surface area contributed by atoms with Gasteiger partial charge in [-0.2, -0.15) is 0 Å². The molecule has 0 radical (unpaired) electrons. The van der Waals surface area contributed by atoms with Crippen molar-refractivity contribution in [1.82, 2.24) is 29.7 Å². The van der Waals surface area contributed by atoms with Gasteiger partial charge in [-0.1, -0.05) is 6.42 Å². The Morgan fingerprint density at radius 2 is 1.47 bits per heavy atom. The predicted octanol–water partition coefficient (Wildman–Crippen LogP) is 5.36. The van der Waals surface area contributed by atoms with Gasteiger partial charge in [0.1, 0.15) is 11.6 Å². The van der Waals surface area contributed by atoms with E-state index in [1.165, 1.54) is 30.7 Å². The van der Waals surface area contributed by atoms with E-state index in [1.807, 2.05) is 23.9 Å². The van der Waals surface area contributed by atoms with Crippen molar-refractivity contribution in [2.75, 3.05) is 12.3 Å². The maximum atomic E-state index is 13.2. The zero-order valence-corrected chi connectivity index (χ0v) is 21.6. The lowest BCUT2D eigenvalue weighted by Crippen LogP contribution is -2.37. The van der Waals surface area contributed by atoms with E-state index in [2.05, 4.69) is 64.7 Å². The third-order valence-electron chi connectivity index (χ3n) is 5.84. The van der Waals surface area contributed by atoms with E-state index < -0.39 is 0 Å². The average molecular weight is 483 g/mol. The molecule has 0 unspecified atom stereocenters. The molecule has 0 aliphatic carbocycles. The molecule has 0 fully saturated rings. The van der Waals surface area contributed by atoms with Crippen LogP contribution in [-0.4, -0.2) is 60.0 Å². The summed E-state index contributed by atoms with van der Waals surface area (Å²) in [5.41, 5.74) is 0.671. The minimum absolute atomic E-state index is 0.0378. The molecule has 3 rings (SSSR count). The van der Waals surface area contributed by atoms with Gasteiger partial charge in [-0.15, -0.1) is 11.8 Å². The molecule has 2 N–H and O–H groups in total. The number of thioether (sulfide) groups is 1. The fourth-order valence-corrected chi connectivity index (χ4v) is 4.99. The molecular weight excluding hydrogens is 444 g/mol. The van der Waals surface area contributed by atoms with E-state index in [1.54, 1.807) is 29.7 Å². The van der Waals surface area contributed by atoms with E-state index in [-0.39, 0.29) is 5.91 Å². The van der Waals surface area contributed by atoms with Gasteiger partial charge in [0.15, 0.2) is 0 Å². The summed E-state index contributed by atoms with van der Waals surface area (Å²) in [5, 5.41) is 0. The maximum absolute atomic E-state index is 13.2. The lowest BCUT2D eigenvalue weighted by Gasteiger charge is -2.30. The SMILES string of the molecule is CC(C)N(CCCCCSc1ccc(C(=O)N(Cc2ncc[nH]2)Cc2ncc[nH]2)cc1)C(C)C. The van der Waals surface area contributed by atoms with Crippen molar-refractivity contribution >= 4 is 17.7 Å². The van der Waals surface area contributed by atoms with Crippen LogP contribution in [0.2, 0.25) is 0 Å². The Kier molecular flexibility index (Phi) is 10.2. The van der Waals surface area contributed by atoms with Gasteiger partial charge in [-0.25, -0.2) is 9.97 Å². The first-order valence-electron chi connectivity index (χ1n) is 12.2. The average Bonchev–Trinajstić information content (AvgIpc) is 3.52. The monoisotopic (exact) mass is 482 g/mol. The van der Waals surface area contributed by atoms with Gasteiger partial charge in [0.25, 0.3) is 5.91 Å². The zero-order chi connectivity index (χ0) is 24.3. The second-order valence-corrected chi connectivity index (χ2v) is 10.3. The number of amides is 1. The van der Waals surface area contributed by atoms with Gasteiger partial charge in [-0.3, -0.25) is 9.69 Å². The minimum Gasteiger partial charge on any atom is -0.347 e.